The topological polar surface area (TPSA) is 18.5 Å². The summed E-state index contributed by atoms with van der Waals surface area (Å²) in [5.41, 5.74) is 3.58. The third-order valence-electron chi connectivity index (χ3n) is 4.16. The van der Waals surface area contributed by atoms with Crippen molar-refractivity contribution in [1.82, 2.24) is 0 Å². The molecule has 0 amide bonds. The first-order valence-electron chi connectivity index (χ1n) is 9.34. The van der Waals surface area contributed by atoms with Crippen LogP contribution in [0.15, 0.2) is 61.2 Å². The smallest absolute Gasteiger partial charge is 0.119 e. The summed E-state index contributed by atoms with van der Waals surface area (Å²) in [5, 5.41) is 0. The van der Waals surface area contributed by atoms with E-state index in [4.69, 9.17) is 9.47 Å². The van der Waals surface area contributed by atoms with E-state index in [-0.39, 0.29) is 0 Å². The molecule has 0 heterocycles. The summed E-state index contributed by atoms with van der Waals surface area (Å²) in [7, 11) is 0. The first-order valence-corrected chi connectivity index (χ1v) is 9.34. The largest absolute Gasteiger partial charge is 0.494 e. The van der Waals surface area contributed by atoms with Gasteiger partial charge in [-0.25, -0.2) is 0 Å². The van der Waals surface area contributed by atoms with Gasteiger partial charge in [0, 0.05) is 0 Å². The lowest BCUT2D eigenvalue weighted by Crippen LogP contribution is -1.97. The highest BCUT2D eigenvalue weighted by Gasteiger charge is 2.00. The van der Waals surface area contributed by atoms with Crippen LogP contribution in [0.1, 0.15) is 44.6 Å². The molecule has 0 aromatic heterocycles. The molecule has 2 heteroatoms. The Balaban J connectivity index is 1.79. The second-order valence-electron chi connectivity index (χ2n) is 6.29. The molecule has 2 aromatic carbocycles. The van der Waals surface area contributed by atoms with Gasteiger partial charge in [-0.2, -0.15) is 0 Å². The van der Waals surface area contributed by atoms with Crippen molar-refractivity contribution in [3.05, 3.63) is 66.7 Å². The number of hydrogen-bond acceptors (Lipinski definition) is 2. The van der Waals surface area contributed by atoms with E-state index in [1.165, 1.54) is 42.4 Å². The van der Waals surface area contributed by atoms with Crippen LogP contribution in [0.4, 0.5) is 0 Å². The molecule has 0 saturated carbocycles. The van der Waals surface area contributed by atoms with E-state index in [0.717, 1.165) is 18.8 Å². The second kappa shape index (κ2) is 11.5. The average Bonchev–Trinajstić information content (AvgIpc) is 2.66. The molecule has 0 N–H and O–H groups in total. The van der Waals surface area contributed by atoms with Crippen LogP contribution in [-0.2, 0) is 11.3 Å². The second-order valence-corrected chi connectivity index (χ2v) is 6.29. The van der Waals surface area contributed by atoms with Crippen molar-refractivity contribution in [2.75, 3.05) is 13.2 Å². The fraction of sp³-hybridized carbons (Fsp3) is 0.391. The maximum Gasteiger partial charge on any atom is 0.119 e. The van der Waals surface area contributed by atoms with Crippen molar-refractivity contribution in [3.63, 3.8) is 0 Å². The van der Waals surface area contributed by atoms with Gasteiger partial charge in [0.25, 0.3) is 0 Å². The predicted octanol–water partition coefficient (Wildman–Crippen LogP) is 6.41. The molecule has 0 aliphatic rings. The Hall–Kier alpha value is -2.06. The number of unbranched alkanes of at least 4 members (excludes halogenated alkanes) is 4. The SMILES string of the molecule is C=CCOCc1ccc(-c2ccc(OCCCCCCC)cc2)cc1. The Labute approximate surface area is 152 Å². The standard InChI is InChI=1S/C23H30O2/c1-3-5-6-7-8-18-25-23-15-13-22(14-16-23)21-11-9-20(10-12-21)19-24-17-4-2/h4,9-16H,2-3,5-8,17-19H2,1H3. The first kappa shape index (κ1) is 19.3. The third-order valence-corrected chi connectivity index (χ3v) is 4.16. The lowest BCUT2D eigenvalue weighted by Gasteiger charge is -2.08. The number of rotatable bonds is 12. The van der Waals surface area contributed by atoms with Crippen LogP contribution in [0.3, 0.4) is 0 Å². The quantitative estimate of drug-likeness (QED) is 0.329. The van der Waals surface area contributed by atoms with Gasteiger partial charge in [0.15, 0.2) is 0 Å². The van der Waals surface area contributed by atoms with Crippen LogP contribution in [0, 0.1) is 0 Å². The van der Waals surface area contributed by atoms with E-state index in [1.807, 2.05) is 0 Å². The van der Waals surface area contributed by atoms with Crippen LogP contribution in [0.25, 0.3) is 11.1 Å². The summed E-state index contributed by atoms with van der Waals surface area (Å²) in [5.74, 6) is 0.952. The van der Waals surface area contributed by atoms with E-state index in [9.17, 15) is 0 Å². The average molecular weight is 338 g/mol. The van der Waals surface area contributed by atoms with E-state index < -0.39 is 0 Å². The zero-order valence-electron chi connectivity index (χ0n) is 15.4. The molecule has 2 aromatic rings. The molecule has 0 atom stereocenters. The van der Waals surface area contributed by atoms with Crippen LogP contribution < -0.4 is 4.74 Å². The van der Waals surface area contributed by atoms with Crippen molar-refractivity contribution < 1.29 is 9.47 Å². The monoisotopic (exact) mass is 338 g/mol. The maximum atomic E-state index is 5.83. The summed E-state index contributed by atoms with van der Waals surface area (Å²) in [6.45, 7) is 7.91. The Bertz CT molecular complexity index is 599. The molecule has 0 fully saturated rings. The number of hydrogen-bond donors (Lipinski definition) is 0. The molecule has 25 heavy (non-hydrogen) atoms. The summed E-state index contributed by atoms with van der Waals surface area (Å²) in [4.78, 5) is 0. The van der Waals surface area contributed by atoms with Gasteiger partial charge >= 0.3 is 0 Å². The van der Waals surface area contributed by atoms with E-state index >= 15 is 0 Å². The summed E-state index contributed by atoms with van der Waals surface area (Å²) < 4.78 is 11.3. The van der Waals surface area contributed by atoms with Crippen LogP contribution in [0.2, 0.25) is 0 Å². The van der Waals surface area contributed by atoms with Gasteiger partial charge in [-0.1, -0.05) is 75.1 Å². The van der Waals surface area contributed by atoms with Crippen LogP contribution in [-0.4, -0.2) is 13.2 Å². The van der Waals surface area contributed by atoms with Gasteiger partial charge < -0.3 is 9.47 Å². The highest BCUT2D eigenvalue weighted by molar-refractivity contribution is 5.64. The normalized spacial score (nSPS) is 10.6. The Morgan fingerprint density at radius 1 is 0.840 bits per heavy atom. The van der Waals surface area contributed by atoms with Gasteiger partial charge in [0.2, 0.25) is 0 Å². The molecular weight excluding hydrogens is 308 g/mol. The molecule has 0 aliphatic heterocycles. The van der Waals surface area contributed by atoms with Crippen molar-refractivity contribution in [2.24, 2.45) is 0 Å². The molecular formula is C23H30O2. The van der Waals surface area contributed by atoms with Gasteiger partial charge in [-0.15, -0.1) is 6.58 Å². The molecule has 0 bridgehead atoms. The minimum Gasteiger partial charge on any atom is -0.494 e. The van der Waals surface area contributed by atoms with Gasteiger partial charge in [0.05, 0.1) is 19.8 Å². The zero-order chi connectivity index (χ0) is 17.7. The summed E-state index contributed by atoms with van der Waals surface area (Å²) >= 11 is 0. The van der Waals surface area contributed by atoms with E-state index in [0.29, 0.717) is 13.2 Å². The van der Waals surface area contributed by atoms with Crippen molar-refractivity contribution >= 4 is 0 Å². The molecule has 0 spiro atoms. The highest BCUT2D eigenvalue weighted by atomic mass is 16.5. The van der Waals surface area contributed by atoms with Crippen molar-refractivity contribution in [2.45, 2.75) is 45.6 Å². The first-order chi connectivity index (χ1) is 12.3. The Kier molecular flexibility index (Phi) is 8.85. The van der Waals surface area contributed by atoms with Crippen LogP contribution >= 0.6 is 0 Å². The molecule has 0 unspecified atom stereocenters. The Morgan fingerprint density at radius 2 is 1.48 bits per heavy atom. The van der Waals surface area contributed by atoms with Gasteiger partial charge in [-0.3, -0.25) is 0 Å². The lowest BCUT2D eigenvalue weighted by molar-refractivity contribution is 0.149. The molecule has 0 aliphatic carbocycles. The summed E-state index contributed by atoms with van der Waals surface area (Å²) in [6.07, 6.45) is 8.08. The van der Waals surface area contributed by atoms with E-state index in [2.05, 4.69) is 62.0 Å². The Morgan fingerprint density at radius 3 is 2.12 bits per heavy atom. The fourth-order valence-electron chi connectivity index (χ4n) is 2.69. The maximum absolute atomic E-state index is 5.83. The lowest BCUT2D eigenvalue weighted by atomic mass is 10.0. The van der Waals surface area contributed by atoms with Crippen molar-refractivity contribution in [3.8, 4) is 16.9 Å². The highest BCUT2D eigenvalue weighted by Crippen LogP contribution is 2.23. The summed E-state index contributed by atoms with van der Waals surface area (Å²) in [6, 6.07) is 16.8. The van der Waals surface area contributed by atoms with Gasteiger partial charge in [-0.05, 0) is 35.2 Å². The third kappa shape index (κ3) is 7.15. The molecule has 0 radical (unpaired) electrons. The fourth-order valence-corrected chi connectivity index (χ4v) is 2.69. The van der Waals surface area contributed by atoms with E-state index in [1.54, 1.807) is 6.08 Å². The van der Waals surface area contributed by atoms with Crippen molar-refractivity contribution in [1.29, 1.82) is 0 Å². The molecule has 2 nitrogen and oxygen atoms in total. The molecule has 2 rings (SSSR count). The molecule has 134 valence electrons. The molecule has 0 saturated heterocycles. The minimum absolute atomic E-state index is 0.585. The van der Waals surface area contributed by atoms with Crippen LogP contribution in [0.5, 0.6) is 5.75 Å². The number of ether oxygens (including phenoxy) is 2. The zero-order valence-corrected chi connectivity index (χ0v) is 15.4. The predicted molar refractivity (Wildman–Crippen MR) is 106 cm³/mol. The van der Waals surface area contributed by atoms with Gasteiger partial charge in [0.1, 0.15) is 5.75 Å². The number of benzene rings is 2. The minimum atomic E-state index is 0.585.